The number of carbonyl (C=O) groups excluding carboxylic acids is 1. The zero-order chi connectivity index (χ0) is 20.2. The van der Waals surface area contributed by atoms with E-state index in [4.69, 9.17) is 16.1 Å². The maximum atomic E-state index is 12.4. The van der Waals surface area contributed by atoms with Crippen LogP contribution < -0.4 is 5.32 Å². The first-order valence-electron chi connectivity index (χ1n) is 9.48. The summed E-state index contributed by atoms with van der Waals surface area (Å²) in [6, 6.07) is 15.9. The van der Waals surface area contributed by atoms with Crippen LogP contribution in [0.1, 0.15) is 35.2 Å². The number of nitrogens with zero attached hydrogens (tertiary/aromatic N) is 2. The molecule has 0 saturated heterocycles. The highest BCUT2D eigenvalue weighted by atomic mass is 35.5. The van der Waals surface area contributed by atoms with E-state index in [2.05, 4.69) is 26.5 Å². The van der Waals surface area contributed by atoms with E-state index in [0.29, 0.717) is 29.7 Å². The minimum absolute atomic E-state index is 0.0715. The van der Waals surface area contributed by atoms with Gasteiger partial charge in [-0.15, -0.1) is 0 Å². The number of carbonyl (C=O) groups is 1. The Bertz CT molecular complexity index is 1130. The van der Waals surface area contributed by atoms with Crippen molar-refractivity contribution in [1.29, 1.82) is 0 Å². The Morgan fingerprint density at radius 1 is 1.17 bits per heavy atom. The van der Waals surface area contributed by atoms with Gasteiger partial charge in [0.25, 0.3) is 0 Å². The number of amides is 1. The third-order valence-electron chi connectivity index (χ3n) is 4.92. The van der Waals surface area contributed by atoms with Crippen molar-refractivity contribution in [3.63, 3.8) is 0 Å². The van der Waals surface area contributed by atoms with E-state index in [1.54, 1.807) is 6.92 Å². The zero-order valence-corrected chi connectivity index (χ0v) is 16.7. The van der Waals surface area contributed by atoms with Crippen LogP contribution in [0, 0.1) is 6.92 Å². The van der Waals surface area contributed by atoms with E-state index in [0.717, 1.165) is 22.0 Å². The molecule has 0 spiro atoms. The number of fused-ring (bicyclic) bond motifs is 1. The van der Waals surface area contributed by atoms with Gasteiger partial charge in [-0.1, -0.05) is 53.2 Å². The lowest BCUT2D eigenvalue weighted by Crippen LogP contribution is -2.29. The fraction of sp³-hybridized carbons (Fsp3) is 0.227. The van der Waals surface area contributed by atoms with E-state index < -0.39 is 0 Å². The lowest BCUT2D eigenvalue weighted by atomic mass is 9.90. The molecule has 148 valence electrons. The van der Waals surface area contributed by atoms with Crippen molar-refractivity contribution in [1.82, 2.24) is 20.4 Å². The number of nitrogens with one attached hydrogen (secondary N) is 2. The molecule has 29 heavy (non-hydrogen) atoms. The number of aryl methyl sites for hydroxylation is 2. The van der Waals surface area contributed by atoms with E-state index >= 15 is 0 Å². The third kappa shape index (κ3) is 4.32. The van der Waals surface area contributed by atoms with Crippen molar-refractivity contribution >= 4 is 28.4 Å². The maximum Gasteiger partial charge on any atom is 0.227 e. The second-order valence-corrected chi connectivity index (χ2v) is 7.31. The second kappa shape index (κ2) is 8.49. The first-order valence-corrected chi connectivity index (χ1v) is 9.86. The van der Waals surface area contributed by atoms with Crippen LogP contribution in [0.15, 0.2) is 59.3 Å². The average Bonchev–Trinajstić information content (AvgIpc) is 3.34. The highest BCUT2D eigenvalue weighted by Gasteiger charge is 2.21. The van der Waals surface area contributed by atoms with Crippen LogP contribution in [-0.2, 0) is 11.2 Å². The van der Waals surface area contributed by atoms with Crippen molar-refractivity contribution in [3.8, 4) is 0 Å². The molecule has 2 heterocycles. The molecule has 2 aromatic carbocycles. The van der Waals surface area contributed by atoms with Crippen LogP contribution in [0.5, 0.6) is 0 Å². The number of H-pyrrole nitrogens is 1. The summed E-state index contributed by atoms with van der Waals surface area (Å²) in [5.74, 6) is 0.891. The molecule has 2 aromatic heterocycles. The van der Waals surface area contributed by atoms with Crippen LogP contribution in [0.2, 0.25) is 5.02 Å². The molecule has 4 rings (SSSR count). The van der Waals surface area contributed by atoms with Crippen molar-refractivity contribution in [2.45, 2.75) is 25.7 Å². The Morgan fingerprint density at radius 2 is 1.97 bits per heavy atom. The predicted octanol–water partition coefficient (Wildman–Crippen LogP) is 4.39. The summed E-state index contributed by atoms with van der Waals surface area (Å²) in [6.07, 6.45) is 2.69. The van der Waals surface area contributed by atoms with Gasteiger partial charge in [0, 0.05) is 47.4 Å². The first kappa shape index (κ1) is 19.2. The fourth-order valence-corrected chi connectivity index (χ4v) is 3.76. The molecule has 0 saturated carbocycles. The molecule has 0 radical (unpaired) electrons. The second-order valence-electron chi connectivity index (χ2n) is 6.90. The molecule has 0 fully saturated rings. The standard InChI is InChI=1S/C22H21ClN4O2/c1-14-26-22(29-27-14)11-10-21(28)25-13-17(15-6-2-4-8-19(15)23)18-12-24-20-9-5-3-7-16(18)20/h2-9,12,17,24H,10-11,13H2,1H3,(H,25,28). The van der Waals surface area contributed by atoms with Crippen molar-refractivity contribution in [2.24, 2.45) is 0 Å². The number of aromatic nitrogens is 3. The van der Waals surface area contributed by atoms with Crippen LogP contribution in [0.3, 0.4) is 0 Å². The maximum absolute atomic E-state index is 12.4. The summed E-state index contributed by atoms with van der Waals surface area (Å²) < 4.78 is 5.07. The molecule has 0 aliphatic heterocycles. The molecule has 0 bridgehead atoms. The number of aromatic amines is 1. The molecule has 0 aliphatic rings. The number of para-hydroxylation sites is 1. The summed E-state index contributed by atoms with van der Waals surface area (Å²) >= 11 is 6.50. The number of benzene rings is 2. The van der Waals surface area contributed by atoms with Gasteiger partial charge >= 0.3 is 0 Å². The highest BCUT2D eigenvalue weighted by molar-refractivity contribution is 6.31. The summed E-state index contributed by atoms with van der Waals surface area (Å²) in [4.78, 5) is 19.9. The molecule has 1 atom stereocenters. The minimum atomic E-state index is -0.0746. The van der Waals surface area contributed by atoms with E-state index in [9.17, 15) is 4.79 Å². The summed E-state index contributed by atoms with van der Waals surface area (Å²) in [5.41, 5.74) is 3.13. The topological polar surface area (TPSA) is 83.8 Å². The molecule has 0 aliphatic carbocycles. The van der Waals surface area contributed by atoms with Gasteiger partial charge in [-0.3, -0.25) is 4.79 Å². The van der Waals surface area contributed by atoms with Gasteiger partial charge < -0.3 is 14.8 Å². The molecule has 1 amide bonds. The van der Waals surface area contributed by atoms with Gasteiger partial charge in [-0.05, 0) is 30.2 Å². The molecular weight excluding hydrogens is 388 g/mol. The number of rotatable bonds is 7. The smallest absolute Gasteiger partial charge is 0.227 e. The van der Waals surface area contributed by atoms with Crippen LogP contribution in [-0.4, -0.2) is 27.6 Å². The molecule has 6 nitrogen and oxygen atoms in total. The Hall–Kier alpha value is -3.12. The third-order valence-corrected chi connectivity index (χ3v) is 5.26. The average molecular weight is 409 g/mol. The van der Waals surface area contributed by atoms with Crippen LogP contribution in [0.4, 0.5) is 0 Å². The van der Waals surface area contributed by atoms with Gasteiger partial charge in [-0.25, -0.2) is 0 Å². The van der Waals surface area contributed by atoms with Gasteiger partial charge in [-0.2, -0.15) is 4.98 Å². The zero-order valence-electron chi connectivity index (χ0n) is 16.0. The van der Waals surface area contributed by atoms with E-state index in [1.165, 1.54) is 0 Å². The van der Waals surface area contributed by atoms with E-state index in [-0.39, 0.29) is 18.2 Å². The molecule has 4 aromatic rings. The largest absolute Gasteiger partial charge is 0.361 e. The normalized spacial score (nSPS) is 12.2. The Labute approximate surface area is 173 Å². The number of hydrogen-bond acceptors (Lipinski definition) is 4. The minimum Gasteiger partial charge on any atom is -0.361 e. The molecule has 2 N–H and O–H groups in total. The molecular formula is C22H21ClN4O2. The number of hydrogen-bond donors (Lipinski definition) is 2. The van der Waals surface area contributed by atoms with Crippen molar-refractivity contribution < 1.29 is 9.32 Å². The van der Waals surface area contributed by atoms with Crippen molar-refractivity contribution in [3.05, 3.63) is 82.6 Å². The first-order chi connectivity index (χ1) is 14.1. The SMILES string of the molecule is Cc1noc(CCC(=O)NCC(c2ccccc2Cl)c2c[nH]c3ccccc23)n1. The Morgan fingerprint density at radius 3 is 2.76 bits per heavy atom. The van der Waals surface area contributed by atoms with E-state index in [1.807, 2.05) is 48.7 Å². The Kier molecular flexibility index (Phi) is 5.62. The lowest BCUT2D eigenvalue weighted by molar-refractivity contribution is -0.121. The monoisotopic (exact) mass is 408 g/mol. The van der Waals surface area contributed by atoms with Crippen LogP contribution in [0.25, 0.3) is 10.9 Å². The molecule has 7 heteroatoms. The summed E-state index contributed by atoms with van der Waals surface area (Å²) in [6.45, 7) is 2.19. The van der Waals surface area contributed by atoms with Gasteiger partial charge in [0.2, 0.25) is 11.8 Å². The van der Waals surface area contributed by atoms with Gasteiger partial charge in [0.15, 0.2) is 5.82 Å². The molecule has 1 unspecified atom stereocenters. The number of halogens is 1. The van der Waals surface area contributed by atoms with Gasteiger partial charge in [0.05, 0.1) is 0 Å². The Balaban J connectivity index is 1.53. The highest BCUT2D eigenvalue weighted by Crippen LogP contribution is 2.34. The van der Waals surface area contributed by atoms with Crippen molar-refractivity contribution in [2.75, 3.05) is 6.54 Å². The lowest BCUT2D eigenvalue weighted by Gasteiger charge is -2.19. The quantitative estimate of drug-likeness (QED) is 0.475. The summed E-state index contributed by atoms with van der Waals surface area (Å²) in [7, 11) is 0. The fourth-order valence-electron chi connectivity index (χ4n) is 3.49. The van der Waals surface area contributed by atoms with Crippen LogP contribution >= 0.6 is 11.6 Å². The predicted molar refractivity (Wildman–Crippen MR) is 112 cm³/mol. The van der Waals surface area contributed by atoms with Gasteiger partial charge in [0.1, 0.15) is 0 Å². The summed E-state index contributed by atoms with van der Waals surface area (Å²) in [5, 5.41) is 8.58.